The Morgan fingerprint density at radius 1 is 0.938 bits per heavy atom. The molecule has 1 aromatic heterocycles. The fourth-order valence-corrected chi connectivity index (χ4v) is 3.69. The number of primary amides is 1. The van der Waals surface area contributed by atoms with E-state index in [1.165, 1.54) is 30.3 Å². The largest absolute Gasteiger partial charge is 0.418 e. The van der Waals surface area contributed by atoms with Crippen molar-refractivity contribution in [2.75, 3.05) is 5.32 Å². The number of halogens is 3. The SMILES string of the molecule is Cn1c(C(N)=O)cc2cc(C(=O)Nc3c(-c4ccccc4)cccc3C(F)(F)F)ccc21. The smallest absolute Gasteiger partial charge is 0.364 e. The Kier molecular flexibility index (Phi) is 5.22. The number of amides is 2. The van der Waals surface area contributed by atoms with Crippen LogP contribution in [0.3, 0.4) is 0 Å². The molecule has 0 atom stereocenters. The van der Waals surface area contributed by atoms with Crippen LogP contribution in [0, 0.1) is 0 Å². The lowest BCUT2D eigenvalue weighted by molar-refractivity contribution is -0.136. The molecule has 2 amide bonds. The summed E-state index contributed by atoms with van der Waals surface area (Å²) in [6.45, 7) is 0. The van der Waals surface area contributed by atoms with Gasteiger partial charge in [0.05, 0.1) is 11.3 Å². The Bertz CT molecular complexity index is 1340. The predicted molar refractivity (Wildman–Crippen MR) is 116 cm³/mol. The van der Waals surface area contributed by atoms with Gasteiger partial charge in [0.25, 0.3) is 11.8 Å². The third-order valence-corrected chi connectivity index (χ3v) is 5.25. The summed E-state index contributed by atoms with van der Waals surface area (Å²) in [6, 6.07) is 18.4. The minimum Gasteiger partial charge on any atom is -0.364 e. The van der Waals surface area contributed by atoms with Crippen LogP contribution in [0.2, 0.25) is 0 Å². The van der Waals surface area contributed by atoms with Crippen molar-refractivity contribution in [3.8, 4) is 11.1 Å². The van der Waals surface area contributed by atoms with Crippen molar-refractivity contribution < 1.29 is 22.8 Å². The van der Waals surface area contributed by atoms with E-state index < -0.39 is 23.6 Å². The standard InChI is InChI=1S/C24H18F3N3O2/c1-30-19-11-10-15(12-16(19)13-20(30)22(28)31)23(32)29-21-17(14-6-3-2-4-7-14)8-5-9-18(21)24(25,26)27/h2-13H,1H3,(H2,28,31)(H,29,32). The van der Waals surface area contributed by atoms with Crippen LogP contribution in [0.25, 0.3) is 22.0 Å². The third kappa shape index (κ3) is 3.82. The highest BCUT2D eigenvalue weighted by molar-refractivity contribution is 6.09. The highest BCUT2D eigenvalue weighted by Crippen LogP contribution is 2.40. The number of benzene rings is 3. The van der Waals surface area contributed by atoms with E-state index in [9.17, 15) is 22.8 Å². The average Bonchev–Trinajstić information content (AvgIpc) is 3.10. The second kappa shape index (κ2) is 7.88. The van der Waals surface area contributed by atoms with Gasteiger partial charge in [-0.1, -0.05) is 42.5 Å². The van der Waals surface area contributed by atoms with Crippen molar-refractivity contribution in [2.45, 2.75) is 6.18 Å². The number of carbonyl (C=O) groups is 2. The van der Waals surface area contributed by atoms with E-state index >= 15 is 0 Å². The van der Waals surface area contributed by atoms with Crippen LogP contribution in [-0.2, 0) is 13.2 Å². The first-order valence-electron chi connectivity index (χ1n) is 9.63. The topological polar surface area (TPSA) is 77.1 Å². The van der Waals surface area contributed by atoms with Crippen molar-refractivity contribution in [3.05, 3.63) is 89.6 Å². The van der Waals surface area contributed by atoms with Crippen molar-refractivity contribution in [1.29, 1.82) is 0 Å². The van der Waals surface area contributed by atoms with Gasteiger partial charge >= 0.3 is 6.18 Å². The molecule has 3 N–H and O–H groups in total. The summed E-state index contributed by atoms with van der Waals surface area (Å²) < 4.78 is 42.8. The summed E-state index contributed by atoms with van der Waals surface area (Å²) in [5.74, 6) is -1.33. The van der Waals surface area contributed by atoms with E-state index in [1.54, 1.807) is 48.0 Å². The van der Waals surface area contributed by atoms with Gasteiger partial charge in [-0.05, 0) is 35.9 Å². The maximum Gasteiger partial charge on any atom is 0.418 e. The first-order chi connectivity index (χ1) is 15.2. The van der Waals surface area contributed by atoms with E-state index in [4.69, 9.17) is 5.73 Å². The van der Waals surface area contributed by atoms with Crippen LogP contribution in [0.15, 0.2) is 72.8 Å². The van der Waals surface area contributed by atoms with E-state index in [-0.39, 0.29) is 22.5 Å². The van der Waals surface area contributed by atoms with Crippen LogP contribution in [0.4, 0.5) is 18.9 Å². The molecule has 32 heavy (non-hydrogen) atoms. The molecule has 8 heteroatoms. The number of nitrogens with zero attached hydrogens (tertiary/aromatic N) is 1. The molecule has 1 heterocycles. The van der Waals surface area contributed by atoms with Gasteiger partial charge in [-0.15, -0.1) is 0 Å². The second-order valence-corrected chi connectivity index (χ2v) is 7.27. The number of fused-ring (bicyclic) bond motifs is 1. The molecule has 5 nitrogen and oxygen atoms in total. The number of hydrogen-bond acceptors (Lipinski definition) is 2. The monoisotopic (exact) mass is 437 g/mol. The quantitative estimate of drug-likeness (QED) is 0.460. The van der Waals surface area contributed by atoms with Crippen molar-refractivity contribution >= 4 is 28.4 Å². The molecular weight excluding hydrogens is 419 g/mol. The molecule has 0 saturated carbocycles. The van der Waals surface area contributed by atoms with E-state index in [2.05, 4.69) is 5.32 Å². The fourth-order valence-electron chi connectivity index (χ4n) is 3.69. The number of aromatic nitrogens is 1. The summed E-state index contributed by atoms with van der Waals surface area (Å²) in [5, 5.41) is 3.02. The number of nitrogens with two attached hydrogens (primary N) is 1. The molecule has 0 aliphatic rings. The third-order valence-electron chi connectivity index (χ3n) is 5.25. The first-order valence-corrected chi connectivity index (χ1v) is 9.63. The Labute approximate surface area is 181 Å². The lowest BCUT2D eigenvalue weighted by atomic mass is 9.99. The maximum absolute atomic E-state index is 13.7. The molecule has 0 spiro atoms. The van der Waals surface area contributed by atoms with E-state index in [1.807, 2.05) is 0 Å². The number of para-hydroxylation sites is 1. The van der Waals surface area contributed by atoms with Gasteiger partial charge in [0.2, 0.25) is 0 Å². The molecule has 0 unspecified atom stereocenters. The average molecular weight is 437 g/mol. The van der Waals surface area contributed by atoms with E-state index in [0.29, 0.717) is 16.5 Å². The number of aryl methyl sites for hydroxylation is 1. The zero-order valence-corrected chi connectivity index (χ0v) is 16.9. The van der Waals surface area contributed by atoms with Gasteiger partial charge in [0, 0.05) is 29.1 Å². The molecule has 0 radical (unpaired) electrons. The molecular formula is C24H18F3N3O2. The number of rotatable bonds is 4. The Morgan fingerprint density at radius 3 is 2.31 bits per heavy atom. The zero-order chi connectivity index (χ0) is 23.0. The van der Waals surface area contributed by atoms with Gasteiger partial charge in [0.15, 0.2) is 0 Å². The molecule has 0 saturated heterocycles. The number of nitrogens with one attached hydrogen (secondary N) is 1. The molecule has 0 fully saturated rings. The maximum atomic E-state index is 13.7. The fraction of sp³-hybridized carbons (Fsp3) is 0.0833. The van der Waals surface area contributed by atoms with Gasteiger partial charge in [-0.3, -0.25) is 9.59 Å². The van der Waals surface area contributed by atoms with Crippen molar-refractivity contribution in [2.24, 2.45) is 12.8 Å². The summed E-state index contributed by atoms with van der Waals surface area (Å²) in [5.41, 5.74) is 5.97. The summed E-state index contributed by atoms with van der Waals surface area (Å²) in [7, 11) is 1.66. The Balaban J connectivity index is 1.78. The van der Waals surface area contributed by atoms with Gasteiger partial charge in [0.1, 0.15) is 5.69 Å². The molecule has 0 bridgehead atoms. The lowest BCUT2D eigenvalue weighted by Crippen LogP contribution is -2.17. The van der Waals surface area contributed by atoms with Gasteiger partial charge in [-0.2, -0.15) is 13.2 Å². The van der Waals surface area contributed by atoms with Crippen LogP contribution < -0.4 is 11.1 Å². The zero-order valence-electron chi connectivity index (χ0n) is 16.9. The number of alkyl halides is 3. The summed E-state index contributed by atoms with van der Waals surface area (Å²) in [4.78, 5) is 24.5. The Hall–Kier alpha value is -4.07. The molecule has 0 aliphatic heterocycles. The van der Waals surface area contributed by atoms with Crippen molar-refractivity contribution in [3.63, 3.8) is 0 Å². The molecule has 4 rings (SSSR count). The summed E-state index contributed by atoms with van der Waals surface area (Å²) >= 11 is 0. The number of carbonyl (C=O) groups excluding carboxylic acids is 2. The predicted octanol–water partition coefficient (Wildman–Crippen LogP) is 5.22. The second-order valence-electron chi connectivity index (χ2n) is 7.27. The molecule has 0 aliphatic carbocycles. The van der Waals surface area contributed by atoms with E-state index in [0.717, 1.165) is 6.07 Å². The summed E-state index contributed by atoms with van der Waals surface area (Å²) in [6.07, 6.45) is -4.66. The molecule has 4 aromatic rings. The Morgan fingerprint density at radius 2 is 1.66 bits per heavy atom. The lowest BCUT2D eigenvalue weighted by Gasteiger charge is -2.18. The highest BCUT2D eigenvalue weighted by Gasteiger charge is 2.35. The normalized spacial score (nSPS) is 11.5. The van der Waals surface area contributed by atoms with Gasteiger partial charge < -0.3 is 15.6 Å². The van der Waals surface area contributed by atoms with Crippen LogP contribution in [0.5, 0.6) is 0 Å². The first kappa shape index (κ1) is 21.2. The minimum absolute atomic E-state index is 0.148. The van der Waals surface area contributed by atoms with Crippen LogP contribution >= 0.6 is 0 Å². The van der Waals surface area contributed by atoms with Crippen molar-refractivity contribution in [1.82, 2.24) is 4.57 Å². The van der Waals surface area contributed by atoms with Crippen LogP contribution in [0.1, 0.15) is 26.4 Å². The van der Waals surface area contributed by atoms with Gasteiger partial charge in [-0.25, -0.2) is 0 Å². The van der Waals surface area contributed by atoms with Crippen LogP contribution in [-0.4, -0.2) is 16.4 Å². The number of hydrogen-bond donors (Lipinski definition) is 2. The minimum atomic E-state index is -4.66. The molecule has 3 aromatic carbocycles. The molecule has 162 valence electrons. The highest BCUT2D eigenvalue weighted by atomic mass is 19.4. The number of anilines is 1.